The van der Waals surface area contributed by atoms with E-state index in [0.717, 1.165) is 16.3 Å². The van der Waals surface area contributed by atoms with Crippen LogP contribution in [0, 0.1) is 0 Å². The first kappa shape index (κ1) is 22.7. The van der Waals surface area contributed by atoms with E-state index >= 15 is 0 Å². The summed E-state index contributed by atoms with van der Waals surface area (Å²) in [6.45, 7) is 5.76. The quantitative estimate of drug-likeness (QED) is 0.529. The van der Waals surface area contributed by atoms with E-state index in [4.69, 9.17) is 5.10 Å². The molecule has 1 saturated heterocycles. The summed E-state index contributed by atoms with van der Waals surface area (Å²) in [4.78, 5) is 16.2. The van der Waals surface area contributed by atoms with Crippen LogP contribution < -0.4 is 0 Å². The smallest absolute Gasteiger partial charge is 0.282 e. The Labute approximate surface area is 192 Å². The van der Waals surface area contributed by atoms with E-state index in [1.807, 2.05) is 67.8 Å². The normalized spacial score (nSPS) is 15.4. The molecule has 0 unspecified atom stereocenters. The molecule has 0 N–H and O–H groups in total. The Kier molecular flexibility index (Phi) is 6.75. The predicted octanol–water partition coefficient (Wildman–Crippen LogP) is 2.95. The van der Waals surface area contributed by atoms with Crippen molar-refractivity contribution in [3.05, 3.63) is 59.6 Å². The fourth-order valence-corrected chi connectivity index (χ4v) is 6.13. The fraction of sp³-hybridized carbons (Fsp3) is 0.364. The van der Waals surface area contributed by atoms with Crippen molar-refractivity contribution in [3.63, 3.8) is 0 Å². The van der Waals surface area contributed by atoms with Crippen LogP contribution in [0.3, 0.4) is 0 Å². The van der Waals surface area contributed by atoms with Crippen molar-refractivity contribution in [3.8, 4) is 16.3 Å². The maximum atomic E-state index is 13.5. The number of amides is 1. The highest BCUT2D eigenvalue weighted by Gasteiger charge is 2.33. The van der Waals surface area contributed by atoms with Crippen LogP contribution in [0.4, 0.5) is 0 Å². The van der Waals surface area contributed by atoms with Crippen LogP contribution in [-0.2, 0) is 10.2 Å². The molecule has 170 valence electrons. The standard InChI is InChI=1S/C22H27N5O3S2/c1-3-25(4-2)32(29,30)26-14-12-24(13-15-26)22(28)20-17-19(21-11-8-16-31-21)23-27(20)18-9-6-5-7-10-18/h5-11,16-17H,3-4,12-15H2,1-2H3. The summed E-state index contributed by atoms with van der Waals surface area (Å²) >= 11 is 1.57. The zero-order chi connectivity index (χ0) is 22.7. The molecule has 0 spiro atoms. The molecule has 3 aromatic rings. The van der Waals surface area contributed by atoms with Crippen LogP contribution in [-0.4, -0.2) is 76.9 Å². The molecular formula is C22H27N5O3S2. The van der Waals surface area contributed by atoms with Crippen LogP contribution in [0.25, 0.3) is 16.3 Å². The largest absolute Gasteiger partial charge is 0.335 e. The first-order valence-corrected chi connectivity index (χ1v) is 13.0. The van der Waals surface area contributed by atoms with Gasteiger partial charge in [0.2, 0.25) is 0 Å². The third kappa shape index (κ3) is 4.36. The van der Waals surface area contributed by atoms with Crippen molar-refractivity contribution in [2.45, 2.75) is 13.8 Å². The molecule has 1 fully saturated rings. The second-order valence-corrected chi connectivity index (χ2v) is 10.3. The Balaban J connectivity index is 1.58. The van der Waals surface area contributed by atoms with Crippen molar-refractivity contribution < 1.29 is 13.2 Å². The molecule has 2 aromatic heterocycles. The van der Waals surface area contributed by atoms with Gasteiger partial charge in [-0.05, 0) is 29.6 Å². The molecule has 0 radical (unpaired) electrons. The number of thiophene rings is 1. The Morgan fingerprint density at radius 3 is 2.31 bits per heavy atom. The van der Waals surface area contributed by atoms with Crippen molar-refractivity contribution >= 4 is 27.5 Å². The lowest BCUT2D eigenvalue weighted by Crippen LogP contribution is -2.54. The molecule has 0 saturated carbocycles. The Morgan fingerprint density at radius 2 is 1.72 bits per heavy atom. The number of para-hydroxylation sites is 1. The number of piperazine rings is 1. The van der Waals surface area contributed by atoms with Gasteiger partial charge in [0, 0.05) is 39.3 Å². The van der Waals surface area contributed by atoms with Gasteiger partial charge in [0.1, 0.15) is 11.4 Å². The van der Waals surface area contributed by atoms with Crippen molar-refractivity contribution in [2.75, 3.05) is 39.3 Å². The minimum atomic E-state index is -3.50. The van der Waals surface area contributed by atoms with E-state index in [1.54, 1.807) is 20.9 Å². The number of aromatic nitrogens is 2. The summed E-state index contributed by atoms with van der Waals surface area (Å²) in [5, 5.41) is 6.69. The van der Waals surface area contributed by atoms with Crippen LogP contribution >= 0.6 is 11.3 Å². The van der Waals surface area contributed by atoms with Gasteiger partial charge in [-0.3, -0.25) is 4.79 Å². The van der Waals surface area contributed by atoms with E-state index in [0.29, 0.717) is 31.9 Å². The van der Waals surface area contributed by atoms with Gasteiger partial charge in [0.25, 0.3) is 16.1 Å². The van der Waals surface area contributed by atoms with E-state index < -0.39 is 10.2 Å². The van der Waals surface area contributed by atoms with Gasteiger partial charge >= 0.3 is 0 Å². The Bertz CT molecular complexity index is 1150. The lowest BCUT2D eigenvalue weighted by Gasteiger charge is -2.36. The lowest BCUT2D eigenvalue weighted by atomic mass is 10.2. The summed E-state index contributed by atoms with van der Waals surface area (Å²) in [6.07, 6.45) is 0. The van der Waals surface area contributed by atoms with Gasteiger partial charge in [0.05, 0.1) is 10.6 Å². The summed E-state index contributed by atoms with van der Waals surface area (Å²) < 4.78 is 30.2. The Morgan fingerprint density at radius 1 is 1.03 bits per heavy atom. The van der Waals surface area contributed by atoms with Crippen molar-refractivity contribution in [1.82, 2.24) is 23.3 Å². The number of hydrogen-bond donors (Lipinski definition) is 0. The molecule has 8 nitrogen and oxygen atoms in total. The first-order valence-electron chi connectivity index (χ1n) is 10.7. The van der Waals surface area contributed by atoms with Gasteiger partial charge in [0.15, 0.2) is 0 Å². The van der Waals surface area contributed by atoms with Crippen LogP contribution in [0.5, 0.6) is 0 Å². The zero-order valence-corrected chi connectivity index (χ0v) is 19.8. The molecule has 0 aliphatic carbocycles. The number of carbonyl (C=O) groups excluding carboxylic acids is 1. The highest BCUT2D eigenvalue weighted by Crippen LogP contribution is 2.27. The molecule has 10 heteroatoms. The number of hydrogen-bond acceptors (Lipinski definition) is 5. The zero-order valence-electron chi connectivity index (χ0n) is 18.2. The first-order chi connectivity index (χ1) is 15.5. The second kappa shape index (κ2) is 9.53. The van der Waals surface area contributed by atoms with Gasteiger partial charge < -0.3 is 4.90 Å². The van der Waals surface area contributed by atoms with Gasteiger partial charge in [-0.25, -0.2) is 4.68 Å². The third-order valence-electron chi connectivity index (χ3n) is 5.59. The molecule has 32 heavy (non-hydrogen) atoms. The van der Waals surface area contributed by atoms with Gasteiger partial charge in [-0.2, -0.15) is 22.1 Å². The second-order valence-electron chi connectivity index (χ2n) is 7.42. The van der Waals surface area contributed by atoms with Crippen LogP contribution in [0.1, 0.15) is 24.3 Å². The molecule has 0 bridgehead atoms. The minimum Gasteiger partial charge on any atom is -0.335 e. The molecule has 1 aliphatic rings. The summed E-state index contributed by atoms with van der Waals surface area (Å²) in [5.74, 6) is -0.149. The van der Waals surface area contributed by atoms with Crippen LogP contribution in [0.2, 0.25) is 0 Å². The van der Waals surface area contributed by atoms with Crippen LogP contribution in [0.15, 0.2) is 53.9 Å². The maximum Gasteiger partial charge on any atom is 0.282 e. The average Bonchev–Trinajstić information content (AvgIpc) is 3.50. The highest BCUT2D eigenvalue weighted by molar-refractivity contribution is 7.86. The molecular weight excluding hydrogens is 446 g/mol. The molecule has 1 aromatic carbocycles. The predicted molar refractivity (Wildman–Crippen MR) is 126 cm³/mol. The molecule has 4 rings (SSSR count). The van der Waals surface area contributed by atoms with E-state index in [2.05, 4.69) is 0 Å². The number of benzene rings is 1. The number of rotatable bonds is 7. The monoisotopic (exact) mass is 473 g/mol. The van der Waals surface area contributed by atoms with E-state index in [1.165, 1.54) is 8.61 Å². The molecule has 3 heterocycles. The van der Waals surface area contributed by atoms with E-state index in [-0.39, 0.29) is 19.0 Å². The maximum absolute atomic E-state index is 13.5. The number of nitrogens with zero attached hydrogens (tertiary/aromatic N) is 5. The summed E-state index contributed by atoms with van der Waals surface area (Å²) in [6, 6.07) is 15.3. The third-order valence-corrected chi connectivity index (χ3v) is 8.67. The molecule has 1 aliphatic heterocycles. The number of carbonyl (C=O) groups is 1. The summed E-state index contributed by atoms with van der Waals surface area (Å²) in [5.41, 5.74) is 2.02. The highest BCUT2D eigenvalue weighted by atomic mass is 32.2. The minimum absolute atomic E-state index is 0.149. The topological polar surface area (TPSA) is 78.8 Å². The van der Waals surface area contributed by atoms with Gasteiger partial charge in [-0.15, -0.1) is 11.3 Å². The average molecular weight is 474 g/mol. The molecule has 1 amide bonds. The van der Waals surface area contributed by atoms with Crippen molar-refractivity contribution in [2.24, 2.45) is 0 Å². The summed E-state index contributed by atoms with van der Waals surface area (Å²) in [7, 11) is -3.50. The SMILES string of the molecule is CCN(CC)S(=O)(=O)N1CCN(C(=O)c2cc(-c3cccs3)nn2-c2ccccc2)CC1. The molecule has 0 atom stereocenters. The lowest BCUT2D eigenvalue weighted by molar-refractivity contribution is 0.0685. The Hall–Kier alpha value is -2.53. The van der Waals surface area contributed by atoms with E-state index in [9.17, 15) is 13.2 Å². The fourth-order valence-electron chi connectivity index (χ4n) is 3.84. The van der Waals surface area contributed by atoms with Gasteiger partial charge in [-0.1, -0.05) is 38.1 Å². The van der Waals surface area contributed by atoms with Crippen molar-refractivity contribution in [1.29, 1.82) is 0 Å².